The highest BCUT2D eigenvalue weighted by molar-refractivity contribution is 5.65. The number of pyridine rings is 1. The fourth-order valence-electron chi connectivity index (χ4n) is 4.54. The predicted molar refractivity (Wildman–Crippen MR) is 152 cm³/mol. The fourth-order valence-corrected chi connectivity index (χ4v) is 4.54. The molecule has 0 saturated carbocycles. The molecule has 0 amide bonds. The highest BCUT2D eigenvalue weighted by Crippen LogP contribution is 2.36. The Morgan fingerprint density at radius 1 is 1.14 bits per heavy atom. The van der Waals surface area contributed by atoms with Crippen molar-refractivity contribution in [2.24, 2.45) is 0 Å². The van der Waals surface area contributed by atoms with Crippen molar-refractivity contribution in [3.63, 3.8) is 0 Å². The summed E-state index contributed by atoms with van der Waals surface area (Å²) >= 11 is 0. The molecule has 0 spiro atoms. The molecule has 1 aromatic heterocycles. The Morgan fingerprint density at radius 3 is 2.73 bits per heavy atom. The van der Waals surface area contributed by atoms with E-state index >= 15 is 0 Å². The molecule has 1 aliphatic heterocycles. The highest BCUT2D eigenvalue weighted by Gasteiger charge is 2.24. The van der Waals surface area contributed by atoms with Crippen molar-refractivity contribution in [2.45, 2.75) is 60.3 Å². The normalized spacial score (nSPS) is 14.4. The highest BCUT2D eigenvalue weighted by atomic mass is 16.5. The average molecular weight is 495 g/mol. The molecule has 1 atom stereocenters. The van der Waals surface area contributed by atoms with E-state index in [9.17, 15) is 0 Å². The topological polar surface area (TPSA) is 43.4 Å². The van der Waals surface area contributed by atoms with Crippen molar-refractivity contribution in [3.8, 4) is 23.3 Å². The first-order chi connectivity index (χ1) is 17.9. The number of ether oxygens (including phenoxy) is 2. The van der Waals surface area contributed by atoms with Gasteiger partial charge in [0.15, 0.2) is 11.4 Å². The van der Waals surface area contributed by atoms with Crippen LogP contribution in [0.2, 0.25) is 0 Å². The minimum Gasteiger partial charge on any atom is -0.493 e. The van der Waals surface area contributed by atoms with Crippen LogP contribution in [0.15, 0.2) is 48.5 Å². The number of fused-ring (bicyclic) bond motifs is 1. The molecule has 4 rings (SSSR count). The zero-order valence-corrected chi connectivity index (χ0v) is 23.0. The molecule has 0 bridgehead atoms. The van der Waals surface area contributed by atoms with Gasteiger partial charge in [0.25, 0.3) is 0 Å². The molecule has 0 fully saturated rings. The summed E-state index contributed by atoms with van der Waals surface area (Å²) in [5, 5.41) is 3.61. The zero-order chi connectivity index (χ0) is 26.4. The standard InChI is InChI=1S/C33H38N2O2/c1-7-18-36-32-15-13-27(19-23(32)4)30(8-2)34-17-16-28-20-29-24(5)21-37-33(29)31(35-28)14-12-26-11-9-10-22(3)25(26)6/h8-11,13,15,19-20,24,34H,7,16-18,21H2,1-6H3/b30-8-. The van der Waals surface area contributed by atoms with Gasteiger partial charge in [-0.15, -0.1) is 0 Å². The molecule has 0 radical (unpaired) electrons. The van der Waals surface area contributed by atoms with Gasteiger partial charge < -0.3 is 14.8 Å². The van der Waals surface area contributed by atoms with E-state index in [-0.39, 0.29) is 0 Å². The Kier molecular flexibility index (Phi) is 8.56. The zero-order valence-electron chi connectivity index (χ0n) is 23.0. The van der Waals surface area contributed by atoms with Crippen LogP contribution in [0.3, 0.4) is 0 Å². The maximum atomic E-state index is 6.00. The molecule has 2 aromatic carbocycles. The number of benzene rings is 2. The van der Waals surface area contributed by atoms with E-state index in [1.807, 2.05) is 0 Å². The molecule has 37 heavy (non-hydrogen) atoms. The van der Waals surface area contributed by atoms with Crippen LogP contribution in [0.1, 0.15) is 77.9 Å². The van der Waals surface area contributed by atoms with Crippen LogP contribution in [0, 0.1) is 32.6 Å². The van der Waals surface area contributed by atoms with Gasteiger partial charge in [0.2, 0.25) is 0 Å². The summed E-state index contributed by atoms with van der Waals surface area (Å²) < 4.78 is 11.8. The fraction of sp³-hybridized carbons (Fsp3) is 0.364. The van der Waals surface area contributed by atoms with Crippen LogP contribution in [0.5, 0.6) is 11.5 Å². The quantitative estimate of drug-likeness (QED) is 0.347. The van der Waals surface area contributed by atoms with Crippen LogP contribution in [0.25, 0.3) is 5.70 Å². The number of hydrogen-bond acceptors (Lipinski definition) is 4. The van der Waals surface area contributed by atoms with Crippen LogP contribution in [0.4, 0.5) is 0 Å². The first-order valence-electron chi connectivity index (χ1n) is 13.3. The molecule has 3 aromatic rings. The summed E-state index contributed by atoms with van der Waals surface area (Å²) in [4.78, 5) is 4.92. The minimum atomic E-state index is 0.341. The SMILES string of the molecule is C/C=C(\NCCc1cc2c(c(C#Cc3cccc(C)c3C)n1)OCC2C)c1ccc(OCCC)c(C)c1. The third kappa shape index (κ3) is 6.17. The van der Waals surface area contributed by atoms with E-state index < -0.39 is 0 Å². The Morgan fingerprint density at radius 2 is 1.97 bits per heavy atom. The number of nitrogens with one attached hydrogen (secondary N) is 1. The van der Waals surface area contributed by atoms with Crippen LogP contribution < -0.4 is 14.8 Å². The largest absolute Gasteiger partial charge is 0.493 e. The molecule has 0 saturated heterocycles. The number of nitrogens with zero attached hydrogens (tertiary/aromatic N) is 1. The lowest BCUT2D eigenvalue weighted by molar-refractivity contribution is 0.315. The third-order valence-electron chi connectivity index (χ3n) is 6.92. The Hall–Kier alpha value is -3.71. The maximum absolute atomic E-state index is 6.00. The molecule has 0 aliphatic carbocycles. The Labute approximate surface area is 222 Å². The number of aromatic nitrogens is 1. The van der Waals surface area contributed by atoms with Gasteiger partial charge in [0.05, 0.1) is 13.2 Å². The first kappa shape index (κ1) is 26.4. The van der Waals surface area contributed by atoms with E-state index in [1.165, 1.54) is 16.7 Å². The lowest BCUT2D eigenvalue weighted by Crippen LogP contribution is -2.17. The molecule has 4 nitrogen and oxygen atoms in total. The van der Waals surface area contributed by atoms with Gasteiger partial charge in [0.1, 0.15) is 5.75 Å². The molecule has 1 N–H and O–H groups in total. The van der Waals surface area contributed by atoms with Crippen LogP contribution in [-0.4, -0.2) is 24.7 Å². The van der Waals surface area contributed by atoms with Gasteiger partial charge in [-0.1, -0.05) is 38.0 Å². The summed E-state index contributed by atoms with van der Waals surface area (Å²) in [5.41, 5.74) is 9.88. The van der Waals surface area contributed by atoms with Crippen molar-refractivity contribution < 1.29 is 9.47 Å². The number of allylic oxidation sites excluding steroid dienone is 1. The Balaban J connectivity index is 1.50. The van der Waals surface area contributed by atoms with Gasteiger partial charge in [-0.3, -0.25) is 0 Å². The van der Waals surface area contributed by atoms with Crippen molar-refractivity contribution in [1.82, 2.24) is 10.3 Å². The second kappa shape index (κ2) is 12.0. The molecule has 1 unspecified atom stereocenters. The van der Waals surface area contributed by atoms with E-state index in [0.717, 1.165) is 71.3 Å². The van der Waals surface area contributed by atoms with Gasteiger partial charge >= 0.3 is 0 Å². The van der Waals surface area contributed by atoms with Crippen LogP contribution in [-0.2, 0) is 6.42 Å². The van der Waals surface area contributed by atoms with Gasteiger partial charge in [-0.2, -0.15) is 0 Å². The van der Waals surface area contributed by atoms with Crippen molar-refractivity contribution in [1.29, 1.82) is 0 Å². The second-order valence-corrected chi connectivity index (χ2v) is 9.80. The van der Waals surface area contributed by atoms with E-state index in [0.29, 0.717) is 12.5 Å². The van der Waals surface area contributed by atoms with Crippen LogP contribution >= 0.6 is 0 Å². The maximum Gasteiger partial charge on any atom is 0.157 e. The smallest absolute Gasteiger partial charge is 0.157 e. The predicted octanol–water partition coefficient (Wildman–Crippen LogP) is 6.88. The summed E-state index contributed by atoms with van der Waals surface area (Å²) in [6, 6.07) is 14.8. The summed E-state index contributed by atoms with van der Waals surface area (Å²) in [5.74, 6) is 8.80. The van der Waals surface area contributed by atoms with E-state index in [4.69, 9.17) is 14.5 Å². The summed E-state index contributed by atoms with van der Waals surface area (Å²) in [7, 11) is 0. The molecular formula is C33H38N2O2. The molecule has 1 aliphatic rings. The average Bonchev–Trinajstić information content (AvgIpc) is 3.27. The van der Waals surface area contributed by atoms with Gasteiger partial charge in [0, 0.05) is 41.4 Å². The third-order valence-corrected chi connectivity index (χ3v) is 6.92. The number of rotatable bonds is 8. The van der Waals surface area contributed by atoms with E-state index in [2.05, 4.69) is 107 Å². The number of hydrogen-bond donors (Lipinski definition) is 1. The van der Waals surface area contributed by atoms with Crippen molar-refractivity contribution in [2.75, 3.05) is 19.8 Å². The molecule has 192 valence electrons. The van der Waals surface area contributed by atoms with Gasteiger partial charge in [-0.05, 0) is 92.6 Å². The van der Waals surface area contributed by atoms with Crippen molar-refractivity contribution >= 4 is 5.70 Å². The van der Waals surface area contributed by atoms with Gasteiger partial charge in [-0.25, -0.2) is 4.98 Å². The van der Waals surface area contributed by atoms with Crippen molar-refractivity contribution in [3.05, 3.63) is 93.3 Å². The first-order valence-corrected chi connectivity index (χ1v) is 13.3. The summed E-state index contributed by atoms with van der Waals surface area (Å²) in [6.07, 6.45) is 3.92. The minimum absolute atomic E-state index is 0.341. The molecule has 4 heteroatoms. The molecular weight excluding hydrogens is 456 g/mol. The lowest BCUT2D eigenvalue weighted by Gasteiger charge is -2.14. The second-order valence-electron chi connectivity index (χ2n) is 9.80. The number of aryl methyl sites for hydroxylation is 2. The van der Waals surface area contributed by atoms with E-state index in [1.54, 1.807) is 0 Å². The lowest BCUT2D eigenvalue weighted by atomic mass is 10.0. The molecule has 2 heterocycles. The monoisotopic (exact) mass is 494 g/mol. The summed E-state index contributed by atoms with van der Waals surface area (Å²) in [6.45, 7) is 14.9. The Bertz CT molecular complexity index is 1360.